The smallest absolute Gasteiger partial charge is 0.349 e. The molecule has 0 saturated carbocycles. The van der Waals surface area contributed by atoms with E-state index in [1.165, 1.54) is 0 Å². The summed E-state index contributed by atoms with van der Waals surface area (Å²) in [6.45, 7) is 0. The average molecular weight is 369 g/mol. The van der Waals surface area contributed by atoms with Crippen LogP contribution in [0.4, 0.5) is 5.69 Å². The fraction of sp³-hybridized carbons (Fsp3) is 0.0833. The Morgan fingerprint density at radius 3 is 2.31 bits per heavy atom. The van der Waals surface area contributed by atoms with E-state index >= 15 is 0 Å². The van der Waals surface area contributed by atoms with Crippen LogP contribution in [0.15, 0.2) is 54.6 Å². The van der Waals surface area contributed by atoms with Gasteiger partial charge in [0.05, 0.1) is 4.43 Å². The van der Waals surface area contributed by atoms with E-state index < -0.39 is 0 Å². The summed E-state index contributed by atoms with van der Waals surface area (Å²) in [5, 5.41) is 2.73. The van der Waals surface area contributed by atoms with Crippen molar-refractivity contribution in [3.63, 3.8) is 0 Å². The van der Waals surface area contributed by atoms with Gasteiger partial charge < -0.3 is 5.32 Å². The molecule has 4 heteroatoms. The molecule has 0 spiro atoms. The summed E-state index contributed by atoms with van der Waals surface area (Å²) in [5.41, 5.74) is 0.877. The Balaban J connectivity index is 0.000000318. The van der Waals surface area contributed by atoms with Crippen LogP contribution in [0, 0.1) is 0 Å². The zero-order valence-corrected chi connectivity index (χ0v) is 11.8. The van der Waals surface area contributed by atoms with Crippen LogP contribution >= 0.6 is 22.6 Å². The van der Waals surface area contributed by atoms with E-state index in [2.05, 4.69) is 5.32 Å². The maximum Gasteiger partial charge on any atom is 2.00 e. The molecule has 86 valence electrons. The molecule has 2 nitrogen and oxygen atoms in total. The number of hydrogen-bond donors (Lipinski definition) is 1. The first-order valence-electron chi connectivity index (χ1n) is 4.57. The van der Waals surface area contributed by atoms with Crippen molar-refractivity contribution in [3.8, 4) is 0 Å². The van der Waals surface area contributed by atoms with Gasteiger partial charge in [0, 0.05) is 0 Å². The Morgan fingerprint density at radius 1 is 1.25 bits per heavy atom. The van der Waals surface area contributed by atoms with Gasteiger partial charge in [-0.25, -0.2) is 18.2 Å². The zero-order valence-electron chi connectivity index (χ0n) is 8.54. The number of carbonyl (C=O) groups is 1. The standard InChI is InChI=1S/C7H7INO.C5H5.Fe/c8-5-7(10)9-6-3-1-2-4-6;1-2-4-5-3-1;/h1-4H,5H2,(H,9,10);1-5H;/q2*-1;+2. The number of hydrogen-bond acceptors (Lipinski definition) is 1. The zero-order chi connectivity index (χ0) is 10.9. The monoisotopic (exact) mass is 369 g/mol. The van der Waals surface area contributed by atoms with Crippen molar-refractivity contribution >= 4 is 34.2 Å². The molecule has 0 atom stereocenters. The van der Waals surface area contributed by atoms with E-state index in [9.17, 15) is 4.79 Å². The number of carbonyl (C=O) groups excluding carboxylic acids is 1. The van der Waals surface area contributed by atoms with Crippen LogP contribution in [0.1, 0.15) is 0 Å². The molecule has 2 aromatic carbocycles. The first-order chi connectivity index (χ1) is 7.33. The van der Waals surface area contributed by atoms with Crippen LogP contribution in [0.5, 0.6) is 0 Å². The molecule has 0 fully saturated rings. The first kappa shape index (κ1) is 15.4. The molecule has 16 heavy (non-hydrogen) atoms. The van der Waals surface area contributed by atoms with E-state index in [1.807, 2.05) is 77.2 Å². The third kappa shape index (κ3) is 6.82. The molecule has 0 saturated heterocycles. The molecule has 0 bridgehead atoms. The Morgan fingerprint density at radius 2 is 1.94 bits per heavy atom. The van der Waals surface area contributed by atoms with Crippen LogP contribution in [-0.4, -0.2) is 10.3 Å². The van der Waals surface area contributed by atoms with Crippen LogP contribution in [-0.2, 0) is 21.9 Å². The number of nitrogens with one attached hydrogen (secondary N) is 1. The SMILES string of the molecule is O=C(CI)Nc1ccc[cH-]1.[Fe+2].c1cc[cH-]c1. The van der Waals surface area contributed by atoms with Gasteiger partial charge in [-0.05, 0) is 0 Å². The molecule has 2 aromatic rings. The normalized spacial score (nSPS) is 8.31. The second-order valence-electron chi connectivity index (χ2n) is 2.82. The third-order valence-corrected chi connectivity index (χ3v) is 2.32. The number of amides is 1. The van der Waals surface area contributed by atoms with Crippen molar-refractivity contribution < 1.29 is 21.9 Å². The molecule has 0 aromatic heterocycles. The second-order valence-corrected chi connectivity index (χ2v) is 3.58. The van der Waals surface area contributed by atoms with Gasteiger partial charge in [0.2, 0.25) is 5.91 Å². The molecular formula is C12H12FeINO. The minimum Gasteiger partial charge on any atom is -0.349 e. The largest absolute Gasteiger partial charge is 2.00 e. The molecule has 0 aliphatic heterocycles. The molecule has 2 rings (SSSR count). The van der Waals surface area contributed by atoms with Gasteiger partial charge in [-0.15, -0.1) is 6.07 Å². The predicted molar refractivity (Wildman–Crippen MR) is 71.6 cm³/mol. The van der Waals surface area contributed by atoms with Crippen LogP contribution in [0.3, 0.4) is 0 Å². The average Bonchev–Trinajstić information content (AvgIpc) is 2.92. The maximum absolute atomic E-state index is 10.8. The van der Waals surface area contributed by atoms with Gasteiger partial charge in [-0.3, -0.25) is 4.79 Å². The maximum atomic E-state index is 10.8. The third-order valence-electron chi connectivity index (χ3n) is 1.62. The number of alkyl halides is 1. The number of rotatable bonds is 2. The summed E-state index contributed by atoms with van der Waals surface area (Å²) >= 11 is 2.03. The summed E-state index contributed by atoms with van der Waals surface area (Å²) in [6, 6.07) is 17.5. The van der Waals surface area contributed by atoms with E-state index in [0.29, 0.717) is 4.43 Å². The van der Waals surface area contributed by atoms with Crippen molar-refractivity contribution in [2.75, 3.05) is 9.74 Å². The van der Waals surface area contributed by atoms with Crippen molar-refractivity contribution in [1.29, 1.82) is 0 Å². The van der Waals surface area contributed by atoms with Crippen LogP contribution in [0.2, 0.25) is 0 Å². The van der Waals surface area contributed by atoms with Gasteiger partial charge in [0.1, 0.15) is 0 Å². The van der Waals surface area contributed by atoms with E-state index in [0.717, 1.165) is 5.69 Å². The molecule has 0 aliphatic carbocycles. The molecule has 0 unspecified atom stereocenters. The van der Waals surface area contributed by atoms with Crippen LogP contribution in [0.25, 0.3) is 0 Å². The van der Waals surface area contributed by atoms with Gasteiger partial charge in [-0.1, -0.05) is 28.3 Å². The fourth-order valence-corrected chi connectivity index (χ4v) is 1.16. The summed E-state index contributed by atoms with van der Waals surface area (Å²) in [6.07, 6.45) is 0. The van der Waals surface area contributed by atoms with Crippen LogP contribution < -0.4 is 5.32 Å². The van der Waals surface area contributed by atoms with Crippen molar-refractivity contribution in [1.82, 2.24) is 0 Å². The van der Waals surface area contributed by atoms with Gasteiger partial charge >= 0.3 is 17.1 Å². The van der Waals surface area contributed by atoms with Gasteiger partial charge in [-0.2, -0.15) is 30.3 Å². The number of anilines is 1. The first-order valence-corrected chi connectivity index (χ1v) is 6.09. The minimum atomic E-state index is 0. The summed E-state index contributed by atoms with van der Waals surface area (Å²) < 4.78 is 0.503. The summed E-state index contributed by atoms with van der Waals surface area (Å²) in [4.78, 5) is 10.8. The predicted octanol–water partition coefficient (Wildman–Crippen LogP) is 3.18. The summed E-state index contributed by atoms with van der Waals surface area (Å²) in [7, 11) is 0. The Kier molecular flexibility index (Phi) is 9.28. The van der Waals surface area contributed by atoms with Gasteiger partial charge in [0.15, 0.2) is 0 Å². The van der Waals surface area contributed by atoms with E-state index in [4.69, 9.17) is 0 Å². The molecule has 1 amide bonds. The molecule has 0 radical (unpaired) electrons. The van der Waals surface area contributed by atoms with E-state index in [1.54, 1.807) is 0 Å². The quantitative estimate of drug-likeness (QED) is 0.375. The van der Waals surface area contributed by atoms with E-state index in [-0.39, 0.29) is 23.0 Å². The van der Waals surface area contributed by atoms with Gasteiger partial charge in [0.25, 0.3) is 0 Å². The fourth-order valence-electron chi connectivity index (χ4n) is 0.972. The minimum absolute atomic E-state index is 0. The Hall–Kier alpha value is -0.581. The second kappa shape index (κ2) is 9.63. The molecule has 1 N–H and O–H groups in total. The number of halogens is 1. The van der Waals surface area contributed by atoms with Crippen molar-refractivity contribution in [2.24, 2.45) is 0 Å². The molecule has 0 aliphatic rings. The molecular weight excluding hydrogens is 357 g/mol. The van der Waals surface area contributed by atoms with Crippen molar-refractivity contribution in [2.45, 2.75) is 0 Å². The summed E-state index contributed by atoms with van der Waals surface area (Å²) in [5.74, 6) is 0.0480. The van der Waals surface area contributed by atoms with Crippen molar-refractivity contribution in [3.05, 3.63) is 54.6 Å². The Bertz CT molecular complexity index is 339. The Labute approximate surface area is 120 Å². The molecule has 0 heterocycles. The topological polar surface area (TPSA) is 29.1 Å².